The highest BCUT2D eigenvalue weighted by molar-refractivity contribution is 5.95. The van der Waals surface area contributed by atoms with Crippen LogP contribution < -0.4 is 0 Å². The molecule has 0 bridgehead atoms. The maximum atomic E-state index is 13.7. The van der Waals surface area contributed by atoms with Gasteiger partial charge in [-0.15, -0.1) is 0 Å². The number of nitrogens with zero attached hydrogens (tertiary/aromatic N) is 2. The topological polar surface area (TPSA) is 40.6 Å². The van der Waals surface area contributed by atoms with Crippen LogP contribution in [0.25, 0.3) is 0 Å². The Kier molecular flexibility index (Phi) is 6.12. The lowest BCUT2D eigenvalue weighted by molar-refractivity contribution is -0.137. The summed E-state index contributed by atoms with van der Waals surface area (Å²) in [4.78, 5) is 30.3. The van der Waals surface area contributed by atoms with E-state index in [0.29, 0.717) is 31.7 Å². The van der Waals surface area contributed by atoms with Crippen LogP contribution in [0.3, 0.4) is 0 Å². The molecule has 1 fully saturated rings. The zero-order valence-corrected chi connectivity index (χ0v) is 18.7. The Balaban J connectivity index is 1.46. The van der Waals surface area contributed by atoms with E-state index in [1.54, 1.807) is 6.07 Å². The Labute approximate surface area is 184 Å². The summed E-state index contributed by atoms with van der Waals surface area (Å²) in [6.45, 7) is 8.45. The maximum Gasteiger partial charge on any atom is 0.253 e. The first-order chi connectivity index (χ1) is 14.8. The van der Waals surface area contributed by atoms with E-state index in [4.69, 9.17) is 0 Å². The minimum Gasteiger partial charge on any atom is -0.341 e. The molecule has 0 saturated carbocycles. The lowest BCUT2D eigenvalue weighted by Crippen LogP contribution is -2.47. The van der Waals surface area contributed by atoms with Gasteiger partial charge in [-0.3, -0.25) is 9.59 Å². The minimum absolute atomic E-state index is 0.0106. The molecule has 2 aliphatic heterocycles. The Morgan fingerprint density at radius 1 is 0.968 bits per heavy atom. The van der Waals surface area contributed by atoms with E-state index < -0.39 is 0 Å². The van der Waals surface area contributed by atoms with Crippen molar-refractivity contribution < 1.29 is 14.0 Å². The predicted octanol–water partition coefficient (Wildman–Crippen LogP) is 4.48. The molecule has 2 aliphatic rings. The van der Waals surface area contributed by atoms with Gasteiger partial charge in [0.05, 0.1) is 5.92 Å². The van der Waals surface area contributed by atoms with Gasteiger partial charge in [0.25, 0.3) is 5.91 Å². The van der Waals surface area contributed by atoms with E-state index in [2.05, 4.69) is 13.0 Å². The van der Waals surface area contributed by atoms with Crippen LogP contribution in [0.5, 0.6) is 0 Å². The lowest BCUT2D eigenvalue weighted by Gasteiger charge is -2.35. The number of rotatable bonds is 2. The largest absolute Gasteiger partial charge is 0.341 e. The van der Waals surface area contributed by atoms with Gasteiger partial charge in [-0.1, -0.05) is 30.2 Å². The molecule has 2 atom stereocenters. The summed E-state index contributed by atoms with van der Waals surface area (Å²) >= 11 is 0. The zero-order valence-electron chi connectivity index (χ0n) is 18.7. The fourth-order valence-corrected chi connectivity index (χ4v) is 5.13. The van der Waals surface area contributed by atoms with Gasteiger partial charge >= 0.3 is 0 Å². The Hall–Kier alpha value is -2.69. The van der Waals surface area contributed by atoms with Gasteiger partial charge in [0.15, 0.2) is 0 Å². The van der Waals surface area contributed by atoms with Crippen molar-refractivity contribution in [3.8, 4) is 0 Å². The lowest BCUT2D eigenvalue weighted by atomic mass is 9.94. The highest BCUT2D eigenvalue weighted by Crippen LogP contribution is 2.28. The van der Waals surface area contributed by atoms with Crippen LogP contribution in [-0.2, 0) is 11.2 Å². The molecule has 0 spiro atoms. The Bertz CT molecular complexity index is 983. The summed E-state index contributed by atoms with van der Waals surface area (Å²) in [6, 6.07) is 10.9. The number of carbonyl (C=O) groups excluding carboxylic acids is 2. The smallest absolute Gasteiger partial charge is 0.253 e. The van der Waals surface area contributed by atoms with Crippen LogP contribution >= 0.6 is 0 Å². The van der Waals surface area contributed by atoms with Crippen LogP contribution in [0.15, 0.2) is 36.4 Å². The first kappa shape index (κ1) is 21.5. The minimum atomic E-state index is -0.224. The monoisotopic (exact) mass is 422 g/mol. The van der Waals surface area contributed by atoms with E-state index in [9.17, 15) is 14.0 Å². The average molecular weight is 423 g/mol. The SMILES string of the molecule is Cc1cc(C)cc(C(=O)N2CCCC(C(=O)N3CCc4ccc(F)cc4C(C)C3)C2)c1. The van der Waals surface area contributed by atoms with Gasteiger partial charge in [0.1, 0.15) is 5.82 Å². The number of halogens is 1. The van der Waals surface area contributed by atoms with Crippen molar-refractivity contribution in [2.24, 2.45) is 5.92 Å². The number of likely N-dealkylation sites (tertiary alicyclic amines) is 1. The molecule has 2 heterocycles. The quantitative estimate of drug-likeness (QED) is 0.716. The fourth-order valence-electron chi connectivity index (χ4n) is 5.13. The van der Waals surface area contributed by atoms with Crippen LogP contribution in [-0.4, -0.2) is 47.8 Å². The summed E-state index contributed by atoms with van der Waals surface area (Å²) in [5.41, 5.74) is 4.97. The molecule has 0 aromatic heterocycles. The maximum absolute atomic E-state index is 13.7. The second-order valence-corrected chi connectivity index (χ2v) is 9.25. The summed E-state index contributed by atoms with van der Waals surface area (Å²) in [5, 5.41) is 0. The normalized spacial score (nSPS) is 21.4. The third kappa shape index (κ3) is 4.65. The number of piperidine rings is 1. The van der Waals surface area contributed by atoms with Crippen LogP contribution in [0, 0.1) is 25.6 Å². The van der Waals surface area contributed by atoms with Crippen molar-refractivity contribution in [3.63, 3.8) is 0 Å². The molecule has 0 aliphatic carbocycles. The number of fused-ring (bicyclic) bond motifs is 1. The molecule has 0 radical (unpaired) electrons. The van der Waals surface area contributed by atoms with Crippen molar-refractivity contribution in [1.29, 1.82) is 0 Å². The summed E-state index contributed by atoms with van der Waals surface area (Å²) in [6.07, 6.45) is 2.38. The number of hydrogen-bond acceptors (Lipinski definition) is 2. The number of aryl methyl sites for hydroxylation is 2. The Morgan fingerprint density at radius 3 is 2.45 bits per heavy atom. The standard InChI is InChI=1S/C26H31FN2O2/c1-17-11-18(2)13-22(12-17)26(31)28-9-4-5-21(16-28)25(30)29-10-8-20-6-7-23(27)14-24(20)19(3)15-29/h6-7,11-14,19,21H,4-5,8-10,15-16H2,1-3H3. The van der Waals surface area contributed by atoms with Gasteiger partial charge in [-0.2, -0.15) is 0 Å². The molecule has 4 rings (SSSR count). The van der Waals surface area contributed by atoms with Crippen molar-refractivity contribution in [1.82, 2.24) is 9.80 Å². The summed E-state index contributed by atoms with van der Waals surface area (Å²) in [5.74, 6) is -0.171. The highest BCUT2D eigenvalue weighted by Gasteiger charge is 2.33. The summed E-state index contributed by atoms with van der Waals surface area (Å²) in [7, 11) is 0. The second-order valence-electron chi connectivity index (χ2n) is 9.25. The molecule has 2 aromatic carbocycles. The van der Waals surface area contributed by atoms with E-state index in [1.807, 2.05) is 41.8 Å². The first-order valence-electron chi connectivity index (χ1n) is 11.3. The van der Waals surface area contributed by atoms with Gasteiger partial charge in [-0.05, 0) is 74.4 Å². The molecule has 2 aromatic rings. The predicted molar refractivity (Wildman–Crippen MR) is 120 cm³/mol. The number of amides is 2. The fraction of sp³-hybridized carbons (Fsp3) is 0.462. The molecular formula is C26H31FN2O2. The molecule has 5 heteroatoms. The van der Waals surface area contributed by atoms with Gasteiger partial charge in [0, 0.05) is 31.7 Å². The Morgan fingerprint density at radius 2 is 1.71 bits per heavy atom. The number of benzene rings is 2. The average Bonchev–Trinajstić information content (AvgIpc) is 2.91. The number of hydrogen-bond donors (Lipinski definition) is 0. The molecular weight excluding hydrogens is 391 g/mol. The highest BCUT2D eigenvalue weighted by atomic mass is 19.1. The molecule has 4 nitrogen and oxygen atoms in total. The van der Waals surface area contributed by atoms with Crippen LogP contribution in [0.2, 0.25) is 0 Å². The number of carbonyl (C=O) groups is 2. The van der Waals surface area contributed by atoms with E-state index in [-0.39, 0.29) is 29.5 Å². The summed E-state index contributed by atoms with van der Waals surface area (Å²) < 4.78 is 13.7. The van der Waals surface area contributed by atoms with E-state index >= 15 is 0 Å². The van der Waals surface area contributed by atoms with Crippen LogP contribution in [0.1, 0.15) is 58.3 Å². The second kappa shape index (κ2) is 8.81. The molecule has 0 N–H and O–H groups in total. The molecule has 1 saturated heterocycles. The van der Waals surface area contributed by atoms with Gasteiger partial charge < -0.3 is 9.80 Å². The molecule has 164 valence electrons. The van der Waals surface area contributed by atoms with Gasteiger partial charge in [0.2, 0.25) is 5.91 Å². The van der Waals surface area contributed by atoms with Crippen molar-refractivity contribution in [2.75, 3.05) is 26.2 Å². The van der Waals surface area contributed by atoms with E-state index in [1.165, 1.54) is 6.07 Å². The molecule has 2 amide bonds. The van der Waals surface area contributed by atoms with Crippen molar-refractivity contribution >= 4 is 11.8 Å². The van der Waals surface area contributed by atoms with Crippen LogP contribution in [0.4, 0.5) is 4.39 Å². The van der Waals surface area contributed by atoms with E-state index in [0.717, 1.165) is 41.5 Å². The first-order valence-corrected chi connectivity index (χ1v) is 11.3. The third-order valence-electron chi connectivity index (χ3n) is 6.62. The van der Waals surface area contributed by atoms with Gasteiger partial charge in [-0.25, -0.2) is 4.39 Å². The van der Waals surface area contributed by atoms with Crippen molar-refractivity contribution in [2.45, 2.75) is 46.0 Å². The zero-order chi connectivity index (χ0) is 22.1. The van der Waals surface area contributed by atoms with Crippen molar-refractivity contribution in [3.05, 3.63) is 70.0 Å². The third-order valence-corrected chi connectivity index (χ3v) is 6.62. The molecule has 2 unspecified atom stereocenters. The molecule has 31 heavy (non-hydrogen) atoms.